The Morgan fingerprint density at radius 2 is 0.722 bits per heavy atom. The SMILES string of the molecule is FC(F)(F)c1cc(C(F)(F)F)[n-]n1.FC(F)(F)c1cc(C(F)(F)F)[n-]n1.[Cu+].[Cu+].c1ccc2nc(-c3ccc(-c4ccc5ccccc5n4)cc3)ccc2c1. The Morgan fingerprint density at radius 1 is 0.389 bits per heavy atom. The van der Waals surface area contributed by atoms with E-state index in [1.165, 1.54) is 0 Å². The standard InChI is InChI=1S/C24H16N2.2C5HF6N2.2Cu/c1-3-7-21-17(5-1)13-15-23(25-21)19-9-11-20(12-10-19)24-16-14-18-6-2-4-8-22(18)26-24;2*6-4(7,8)2-1-3(13-12-2)5(9,10)11;;/h1-16H;2*1H;;/q;2*-1;2*+1. The second kappa shape index (κ2) is 17.1. The van der Waals surface area contributed by atoms with Gasteiger partial charge in [-0.15, -0.1) is 0 Å². The first-order valence-corrected chi connectivity index (χ1v) is 14.4. The first-order valence-electron chi connectivity index (χ1n) is 14.4. The molecule has 54 heavy (non-hydrogen) atoms. The molecule has 7 aromatic rings. The summed E-state index contributed by atoms with van der Waals surface area (Å²) >= 11 is 0. The second-order valence-corrected chi connectivity index (χ2v) is 10.6. The van der Waals surface area contributed by atoms with Gasteiger partial charge in [-0.1, -0.05) is 72.8 Å². The molecule has 3 aromatic carbocycles. The van der Waals surface area contributed by atoms with Crippen LogP contribution in [0.1, 0.15) is 22.8 Å². The number of aromatic nitrogens is 6. The van der Waals surface area contributed by atoms with Gasteiger partial charge in [-0.3, -0.25) is 0 Å². The topological polar surface area (TPSA) is 79.8 Å². The van der Waals surface area contributed by atoms with Crippen LogP contribution in [0, 0.1) is 0 Å². The predicted octanol–water partition coefficient (Wildman–Crippen LogP) is 10.3. The molecule has 4 aromatic heterocycles. The van der Waals surface area contributed by atoms with Crippen LogP contribution in [0.3, 0.4) is 0 Å². The molecule has 7 rings (SSSR count). The number of pyridine rings is 2. The van der Waals surface area contributed by atoms with Gasteiger partial charge in [0.05, 0.1) is 22.4 Å². The molecule has 0 aliphatic carbocycles. The molecule has 0 spiro atoms. The van der Waals surface area contributed by atoms with Crippen molar-refractivity contribution >= 4 is 21.8 Å². The van der Waals surface area contributed by atoms with Crippen LogP contribution in [-0.4, -0.2) is 20.2 Å². The zero-order valence-corrected chi connectivity index (χ0v) is 28.1. The minimum absolute atomic E-state index is 0. The molecule has 0 amide bonds. The molecule has 0 aliphatic rings. The van der Waals surface area contributed by atoms with E-state index in [2.05, 4.69) is 81.1 Å². The smallest absolute Gasteiger partial charge is 0.571 e. The molecule has 290 valence electrons. The summed E-state index contributed by atoms with van der Waals surface area (Å²) in [6, 6.07) is 33.0. The molecule has 0 saturated carbocycles. The minimum Gasteiger partial charge on any atom is -0.571 e. The van der Waals surface area contributed by atoms with E-state index < -0.39 is 47.5 Å². The maximum atomic E-state index is 11.7. The number of benzene rings is 3. The fourth-order valence-electron chi connectivity index (χ4n) is 4.41. The zero-order chi connectivity index (χ0) is 37.9. The molecule has 0 aliphatic heterocycles. The van der Waals surface area contributed by atoms with Crippen LogP contribution in [-0.2, 0) is 58.8 Å². The van der Waals surface area contributed by atoms with E-state index >= 15 is 0 Å². The van der Waals surface area contributed by atoms with Crippen molar-refractivity contribution in [3.8, 4) is 22.5 Å². The van der Waals surface area contributed by atoms with E-state index in [0.717, 1.165) is 44.3 Å². The summed E-state index contributed by atoms with van der Waals surface area (Å²) in [5.74, 6) is 0. The fourth-order valence-corrected chi connectivity index (χ4v) is 4.41. The van der Waals surface area contributed by atoms with Gasteiger partial charge in [-0.05, 0) is 47.8 Å². The van der Waals surface area contributed by atoms with Crippen LogP contribution in [0.4, 0.5) is 52.7 Å². The van der Waals surface area contributed by atoms with E-state index in [0.29, 0.717) is 0 Å². The third-order valence-electron chi connectivity index (χ3n) is 6.91. The molecule has 4 heterocycles. The van der Waals surface area contributed by atoms with Gasteiger partial charge < -0.3 is 20.4 Å². The second-order valence-electron chi connectivity index (χ2n) is 10.6. The normalized spacial score (nSPS) is 11.8. The average Bonchev–Trinajstić information content (AvgIpc) is 3.81. The molecule has 0 atom stereocenters. The van der Waals surface area contributed by atoms with E-state index in [4.69, 9.17) is 9.97 Å². The van der Waals surface area contributed by atoms with Gasteiger partial charge in [-0.2, -0.15) is 52.7 Å². The van der Waals surface area contributed by atoms with E-state index in [-0.39, 0.29) is 46.3 Å². The van der Waals surface area contributed by atoms with Crippen molar-refractivity contribution in [3.63, 3.8) is 0 Å². The van der Waals surface area contributed by atoms with E-state index in [9.17, 15) is 52.7 Å². The Labute approximate surface area is 317 Å². The van der Waals surface area contributed by atoms with Gasteiger partial charge in [0.1, 0.15) is 11.4 Å². The summed E-state index contributed by atoms with van der Waals surface area (Å²) < 4.78 is 141. The third-order valence-corrected chi connectivity index (χ3v) is 6.91. The van der Waals surface area contributed by atoms with Gasteiger partial charge >= 0.3 is 58.8 Å². The van der Waals surface area contributed by atoms with Crippen LogP contribution in [0.15, 0.2) is 109 Å². The summed E-state index contributed by atoms with van der Waals surface area (Å²) in [5.41, 5.74) is -0.320. The molecular formula is C34H18Cu2F12N6. The molecule has 0 bridgehead atoms. The monoisotopic (exact) mass is 864 g/mol. The first-order chi connectivity index (χ1) is 24.3. The van der Waals surface area contributed by atoms with Crippen LogP contribution in [0.5, 0.6) is 0 Å². The maximum absolute atomic E-state index is 11.7. The molecule has 6 nitrogen and oxygen atoms in total. The molecular weight excluding hydrogens is 847 g/mol. The summed E-state index contributed by atoms with van der Waals surface area (Å²) in [4.78, 5) is 9.55. The van der Waals surface area contributed by atoms with Gasteiger partial charge in [-0.25, -0.2) is 9.97 Å². The minimum atomic E-state index is -4.89. The van der Waals surface area contributed by atoms with Gasteiger partial charge in [0, 0.05) is 21.9 Å². The Bertz CT molecular complexity index is 2060. The van der Waals surface area contributed by atoms with Gasteiger partial charge in [0.25, 0.3) is 0 Å². The van der Waals surface area contributed by atoms with Crippen molar-refractivity contribution in [2.45, 2.75) is 24.7 Å². The van der Waals surface area contributed by atoms with Gasteiger partial charge in [0.2, 0.25) is 0 Å². The number of rotatable bonds is 2. The zero-order valence-electron chi connectivity index (χ0n) is 26.2. The average molecular weight is 866 g/mol. The molecule has 0 fully saturated rings. The number of nitrogens with zero attached hydrogens (tertiary/aromatic N) is 6. The van der Waals surface area contributed by atoms with Crippen molar-refractivity contribution in [3.05, 3.63) is 132 Å². The molecule has 20 heteroatoms. The van der Waals surface area contributed by atoms with Crippen LogP contribution < -0.4 is 10.2 Å². The van der Waals surface area contributed by atoms with Crippen molar-refractivity contribution in [2.75, 3.05) is 0 Å². The molecule has 0 unspecified atom stereocenters. The van der Waals surface area contributed by atoms with Crippen LogP contribution in [0.25, 0.3) is 44.3 Å². The first kappa shape index (κ1) is 43.5. The van der Waals surface area contributed by atoms with Gasteiger partial charge in [0.15, 0.2) is 0 Å². The largest absolute Gasteiger partial charge is 1.00 e. The molecule has 0 saturated heterocycles. The number of halogens is 12. The molecule has 0 radical (unpaired) electrons. The predicted molar refractivity (Wildman–Crippen MR) is 163 cm³/mol. The fraction of sp³-hybridized carbons (Fsp3) is 0.118. The summed E-state index contributed by atoms with van der Waals surface area (Å²) in [6.07, 6.45) is -19.6. The Balaban J connectivity index is 0.000000239. The van der Waals surface area contributed by atoms with Crippen molar-refractivity contribution in [1.82, 2.24) is 30.4 Å². The number of fused-ring (bicyclic) bond motifs is 2. The summed E-state index contributed by atoms with van der Waals surface area (Å²) in [7, 11) is 0. The summed E-state index contributed by atoms with van der Waals surface area (Å²) in [5, 5.41) is 11.8. The van der Waals surface area contributed by atoms with Crippen molar-refractivity contribution in [2.24, 2.45) is 0 Å². The van der Waals surface area contributed by atoms with E-state index in [1.807, 2.05) is 36.4 Å². The summed E-state index contributed by atoms with van der Waals surface area (Å²) in [6.45, 7) is 0. The number of hydrogen-bond acceptors (Lipinski definition) is 4. The number of hydrogen-bond donors (Lipinski definition) is 0. The maximum Gasteiger partial charge on any atom is 1.00 e. The number of alkyl halides is 12. The Hall–Kier alpha value is -4.90. The van der Waals surface area contributed by atoms with Crippen LogP contribution in [0.2, 0.25) is 0 Å². The quantitative estimate of drug-likeness (QED) is 0.127. The number of para-hydroxylation sites is 2. The van der Waals surface area contributed by atoms with E-state index in [1.54, 1.807) is 0 Å². The molecule has 0 N–H and O–H groups in total. The van der Waals surface area contributed by atoms with Crippen LogP contribution >= 0.6 is 0 Å². The Morgan fingerprint density at radius 3 is 1.00 bits per heavy atom. The third kappa shape index (κ3) is 11.1. The Kier molecular flexibility index (Phi) is 13.7. The van der Waals surface area contributed by atoms with Crippen molar-refractivity contribution in [1.29, 1.82) is 0 Å². The van der Waals surface area contributed by atoms with Crippen molar-refractivity contribution < 1.29 is 86.8 Å².